The first-order valence-corrected chi connectivity index (χ1v) is 7.07. The van der Waals surface area contributed by atoms with Gasteiger partial charge in [-0.15, -0.1) is 0 Å². The van der Waals surface area contributed by atoms with Gasteiger partial charge in [0.2, 0.25) is 0 Å². The molecule has 0 spiro atoms. The highest BCUT2D eigenvalue weighted by Crippen LogP contribution is 2.41. The van der Waals surface area contributed by atoms with E-state index in [4.69, 9.17) is 11.6 Å². The molecule has 0 saturated carbocycles. The molecule has 2 atom stereocenters. The Morgan fingerprint density at radius 3 is 2.47 bits per heavy atom. The molecule has 2 nitrogen and oxygen atoms in total. The minimum absolute atomic E-state index is 0.388. The minimum atomic E-state index is 0.388. The molecule has 17 heavy (non-hydrogen) atoms. The molecular weight excluding hydrogens is 302 g/mol. The molecule has 0 radical (unpaired) electrons. The van der Waals surface area contributed by atoms with Crippen molar-refractivity contribution in [2.45, 2.75) is 37.8 Å². The molecule has 2 unspecified atom stereocenters. The SMILES string of the molecule is O=C1CC2CCC(C1)N2c1ccc(Cl)cc1Br. The molecule has 2 bridgehead atoms. The quantitative estimate of drug-likeness (QED) is 0.786. The molecule has 0 amide bonds. The van der Waals surface area contributed by atoms with Crippen molar-refractivity contribution in [1.82, 2.24) is 0 Å². The standard InChI is InChI=1S/C13H13BrClNO/c14-12-5-8(15)1-4-13(12)16-9-2-3-10(16)7-11(17)6-9/h1,4-5,9-10H,2-3,6-7H2. The highest BCUT2D eigenvalue weighted by Gasteiger charge is 2.40. The number of hydrogen-bond donors (Lipinski definition) is 0. The van der Waals surface area contributed by atoms with Gasteiger partial charge >= 0.3 is 0 Å². The van der Waals surface area contributed by atoms with Crippen molar-refractivity contribution in [2.24, 2.45) is 0 Å². The lowest BCUT2D eigenvalue weighted by atomic mass is 10.0. The van der Waals surface area contributed by atoms with E-state index in [0.717, 1.165) is 22.3 Å². The van der Waals surface area contributed by atoms with E-state index < -0.39 is 0 Å². The minimum Gasteiger partial charge on any atom is -0.364 e. The maximum absolute atomic E-state index is 11.6. The van der Waals surface area contributed by atoms with Crippen LogP contribution in [0.25, 0.3) is 0 Å². The predicted octanol–water partition coefficient (Wildman–Crippen LogP) is 3.80. The molecule has 2 saturated heterocycles. The van der Waals surface area contributed by atoms with Gasteiger partial charge < -0.3 is 4.90 Å². The van der Waals surface area contributed by atoms with E-state index in [9.17, 15) is 4.79 Å². The molecular formula is C13H13BrClNO. The Hall–Kier alpha value is -0.540. The second kappa shape index (κ2) is 4.29. The summed E-state index contributed by atoms with van der Waals surface area (Å²) < 4.78 is 1.02. The number of fused-ring (bicyclic) bond motifs is 2. The van der Waals surface area contributed by atoms with Crippen molar-refractivity contribution in [1.29, 1.82) is 0 Å². The van der Waals surface area contributed by atoms with Gasteiger partial charge in [0.05, 0.1) is 5.69 Å². The van der Waals surface area contributed by atoms with Crippen LogP contribution in [-0.4, -0.2) is 17.9 Å². The van der Waals surface area contributed by atoms with Crippen LogP contribution in [0.2, 0.25) is 5.02 Å². The normalized spacial score (nSPS) is 27.6. The van der Waals surface area contributed by atoms with E-state index in [-0.39, 0.29) is 0 Å². The summed E-state index contributed by atoms with van der Waals surface area (Å²) in [6.45, 7) is 0. The third-order valence-electron chi connectivity index (χ3n) is 3.73. The summed E-state index contributed by atoms with van der Waals surface area (Å²) in [4.78, 5) is 14.0. The first-order valence-electron chi connectivity index (χ1n) is 5.90. The second-order valence-electron chi connectivity index (χ2n) is 4.83. The summed E-state index contributed by atoms with van der Waals surface area (Å²) in [6, 6.07) is 6.66. The molecule has 0 N–H and O–H groups in total. The number of nitrogens with zero attached hydrogens (tertiary/aromatic N) is 1. The van der Waals surface area contributed by atoms with Gasteiger partial charge in [-0.05, 0) is 47.0 Å². The number of piperidine rings is 1. The highest BCUT2D eigenvalue weighted by molar-refractivity contribution is 9.10. The number of Topliss-reactive ketones (excluding diaryl/α,β-unsaturated/α-hetero) is 1. The van der Waals surface area contributed by atoms with E-state index in [2.05, 4.69) is 20.8 Å². The number of ketones is 1. The van der Waals surface area contributed by atoms with Crippen molar-refractivity contribution in [3.05, 3.63) is 27.7 Å². The molecule has 0 aromatic heterocycles. The van der Waals surface area contributed by atoms with Gasteiger partial charge in [0.15, 0.2) is 0 Å². The van der Waals surface area contributed by atoms with Crippen molar-refractivity contribution < 1.29 is 4.79 Å². The van der Waals surface area contributed by atoms with Crippen molar-refractivity contribution in [3.63, 3.8) is 0 Å². The molecule has 1 aromatic rings. The lowest BCUT2D eigenvalue weighted by molar-refractivity contribution is -0.120. The van der Waals surface area contributed by atoms with E-state index in [1.807, 2.05) is 18.2 Å². The van der Waals surface area contributed by atoms with Gasteiger partial charge in [0.25, 0.3) is 0 Å². The molecule has 4 heteroatoms. The lowest BCUT2D eigenvalue weighted by Crippen LogP contribution is -2.43. The molecule has 1 aromatic carbocycles. The zero-order chi connectivity index (χ0) is 12.0. The van der Waals surface area contributed by atoms with Crippen LogP contribution in [0.3, 0.4) is 0 Å². The average molecular weight is 315 g/mol. The molecule has 2 fully saturated rings. The Morgan fingerprint density at radius 2 is 1.88 bits per heavy atom. The highest BCUT2D eigenvalue weighted by atomic mass is 79.9. The summed E-state index contributed by atoms with van der Waals surface area (Å²) in [5.74, 6) is 0.416. The Kier molecular flexibility index (Phi) is 2.91. The Morgan fingerprint density at radius 1 is 1.24 bits per heavy atom. The number of carbonyl (C=O) groups is 1. The predicted molar refractivity (Wildman–Crippen MR) is 72.7 cm³/mol. The summed E-state index contributed by atoms with van der Waals surface area (Å²) in [5, 5.41) is 0.737. The van der Waals surface area contributed by atoms with E-state index >= 15 is 0 Å². The van der Waals surface area contributed by atoms with Crippen LogP contribution in [0.4, 0.5) is 5.69 Å². The van der Waals surface area contributed by atoms with Gasteiger partial charge in [0, 0.05) is 34.4 Å². The smallest absolute Gasteiger partial charge is 0.137 e. The largest absolute Gasteiger partial charge is 0.364 e. The van der Waals surface area contributed by atoms with Crippen LogP contribution in [0.1, 0.15) is 25.7 Å². The number of carbonyl (C=O) groups excluding carboxylic acids is 1. The maximum atomic E-state index is 11.6. The van der Waals surface area contributed by atoms with E-state index in [0.29, 0.717) is 30.7 Å². The van der Waals surface area contributed by atoms with Gasteiger partial charge in [-0.1, -0.05) is 11.6 Å². The summed E-state index contributed by atoms with van der Waals surface area (Å²) in [5.41, 5.74) is 1.18. The topological polar surface area (TPSA) is 20.3 Å². The van der Waals surface area contributed by atoms with Gasteiger partial charge in [0.1, 0.15) is 5.78 Å². The fourth-order valence-electron chi connectivity index (χ4n) is 3.05. The zero-order valence-corrected chi connectivity index (χ0v) is 11.7. The molecule has 0 aliphatic carbocycles. The van der Waals surface area contributed by atoms with Crippen LogP contribution >= 0.6 is 27.5 Å². The first kappa shape index (κ1) is 11.5. The van der Waals surface area contributed by atoms with Crippen molar-refractivity contribution in [2.75, 3.05) is 4.90 Å². The van der Waals surface area contributed by atoms with Crippen LogP contribution in [0, 0.1) is 0 Å². The van der Waals surface area contributed by atoms with Gasteiger partial charge in [-0.25, -0.2) is 0 Å². The fourth-order valence-corrected chi connectivity index (χ4v) is 3.94. The van der Waals surface area contributed by atoms with Crippen LogP contribution in [0.5, 0.6) is 0 Å². The summed E-state index contributed by atoms with van der Waals surface area (Å²) >= 11 is 9.53. The summed E-state index contributed by atoms with van der Waals surface area (Å²) in [7, 11) is 0. The Bertz CT molecular complexity index is 460. The number of halogens is 2. The maximum Gasteiger partial charge on any atom is 0.137 e. The molecule has 3 rings (SSSR count). The molecule has 2 aliphatic rings. The fraction of sp³-hybridized carbons (Fsp3) is 0.462. The number of anilines is 1. The van der Waals surface area contributed by atoms with Gasteiger partial charge in [-0.3, -0.25) is 4.79 Å². The number of hydrogen-bond acceptors (Lipinski definition) is 2. The first-order chi connectivity index (χ1) is 8.15. The Labute approximate surface area is 114 Å². The van der Waals surface area contributed by atoms with Crippen LogP contribution in [-0.2, 0) is 4.79 Å². The monoisotopic (exact) mass is 313 g/mol. The second-order valence-corrected chi connectivity index (χ2v) is 6.13. The average Bonchev–Trinajstić information content (AvgIpc) is 2.53. The van der Waals surface area contributed by atoms with E-state index in [1.54, 1.807) is 0 Å². The van der Waals surface area contributed by atoms with Gasteiger partial charge in [-0.2, -0.15) is 0 Å². The van der Waals surface area contributed by atoms with Crippen molar-refractivity contribution in [3.8, 4) is 0 Å². The zero-order valence-electron chi connectivity index (χ0n) is 9.33. The van der Waals surface area contributed by atoms with Crippen molar-refractivity contribution >= 4 is 39.0 Å². The molecule has 2 aliphatic heterocycles. The third-order valence-corrected chi connectivity index (χ3v) is 4.60. The van der Waals surface area contributed by atoms with E-state index in [1.165, 1.54) is 5.69 Å². The van der Waals surface area contributed by atoms with Crippen LogP contribution < -0.4 is 4.90 Å². The number of benzene rings is 1. The Balaban J connectivity index is 1.97. The number of rotatable bonds is 1. The molecule has 2 heterocycles. The third kappa shape index (κ3) is 2.00. The lowest BCUT2D eigenvalue weighted by Gasteiger charge is -2.36. The molecule has 90 valence electrons. The summed E-state index contributed by atoms with van der Waals surface area (Å²) in [6.07, 6.45) is 3.66. The van der Waals surface area contributed by atoms with Crippen LogP contribution in [0.15, 0.2) is 22.7 Å².